The molecule has 0 atom stereocenters. The van der Waals surface area contributed by atoms with E-state index in [1.54, 1.807) is 18.2 Å². The molecule has 0 aromatic carbocycles. The Morgan fingerprint density at radius 1 is 1.16 bits per heavy atom. The van der Waals surface area contributed by atoms with E-state index in [9.17, 15) is 5.26 Å². The van der Waals surface area contributed by atoms with Crippen molar-refractivity contribution in [2.24, 2.45) is 7.05 Å². The van der Waals surface area contributed by atoms with Gasteiger partial charge >= 0.3 is 0 Å². The number of fused-ring (bicyclic) bond motifs is 1. The van der Waals surface area contributed by atoms with Crippen LogP contribution in [0.4, 0.5) is 5.69 Å². The Labute approximate surface area is 192 Å². The van der Waals surface area contributed by atoms with Crippen molar-refractivity contribution in [3.05, 3.63) is 63.4 Å². The largest absolute Gasteiger partial charge is 0.350 e. The van der Waals surface area contributed by atoms with Crippen molar-refractivity contribution in [2.75, 3.05) is 18.0 Å². The van der Waals surface area contributed by atoms with Gasteiger partial charge in [-0.1, -0.05) is 37.0 Å². The summed E-state index contributed by atoms with van der Waals surface area (Å²) in [7, 11) is 2.03. The Bertz CT molecular complexity index is 1200. The van der Waals surface area contributed by atoms with Gasteiger partial charge < -0.3 is 14.4 Å². The first-order valence-electron chi connectivity index (χ1n) is 10.2. The number of allylic oxidation sites excluding steroid dienone is 1. The average Bonchev–Trinajstić information content (AvgIpc) is 3.21. The van der Waals surface area contributed by atoms with Crippen molar-refractivity contribution in [2.45, 2.75) is 33.2 Å². The molecule has 1 saturated heterocycles. The summed E-state index contributed by atoms with van der Waals surface area (Å²) in [6.45, 7) is 8.63. The summed E-state index contributed by atoms with van der Waals surface area (Å²) in [6, 6.07) is 7.90. The zero-order valence-corrected chi connectivity index (χ0v) is 19.5. The second kappa shape index (κ2) is 8.41. The molecule has 31 heavy (non-hydrogen) atoms. The molecule has 1 aliphatic rings. The molecule has 0 saturated carbocycles. The summed E-state index contributed by atoms with van der Waals surface area (Å²) < 4.78 is 2.09. The van der Waals surface area contributed by atoms with Crippen LogP contribution in [0.5, 0.6) is 0 Å². The highest BCUT2D eigenvalue weighted by Gasteiger charge is 2.27. The lowest BCUT2D eigenvalue weighted by atomic mass is 9.98. The predicted molar refractivity (Wildman–Crippen MR) is 125 cm³/mol. The maximum absolute atomic E-state index is 9.42. The summed E-state index contributed by atoms with van der Waals surface area (Å²) in [5, 5.41) is 11.3. The van der Waals surface area contributed by atoms with Gasteiger partial charge in [-0.25, -0.2) is 9.97 Å². The van der Waals surface area contributed by atoms with Crippen LogP contribution in [0.15, 0.2) is 36.3 Å². The third-order valence-electron chi connectivity index (χ3n) is 5.62. The van der Waals surface area contributed by atoms with Crippen molar-refractivity contribution in [3.8, 4) is 6.07 Å². The van der Waals surface area contributed by atoms with Gasteiger partial charge in [0.2, 0.25) is 0 Å². The lowest BCUT2D eigenvalue weighted by molar-refractivity contribution is 0.386. The van der Waals surface area contributed by atoms with E-state index in [2.05, 4.69) is 53.6 Å². The zero-order chi connectivity index (χ0) is 22.3. The number of halogens is 2. The van der Waals surface area contributed by atoms with Gasteiger partial charge in [0.05, 0.1) is 24.4 Å². The standard InChI is InChI=1S/C23H24Cl2N6/c1-14(2)18-9-16(27-23-22(18)15(3)12-29(23)4)13-30-7-8-31(21(30)5-6-26)17-10-19(24)28-20(25)11-17/h5,9-12,14H,7-8,13H2,1-4H3/b21-5-. The van der Waals surface area contributed by atoms with Crippen LogP contribution in [-0.4, -0.2) is 32.5 Å². The first-order chi connectivity index (χ1) is 14.8. The fourth-order valence-corrected chi connectivity index (χ4v) is 4.74. The molecule has 4 heterocycles. The molecule has 0 N–H and O–H groups in total. The zero-order valence-electron chi connectivity index (χ0n) is 18.0. The van der Waals surface area contributed by atoms with Gasteiger partial charge in [0.25, 0.3) is 0 Å². The predicted octanol–water partition coefficient (Wildman–Crippen LogP) is 5.39. The molecule has 160 valence electrons. The number of anilines is 1. The summed E-state index contributed by atoms with van der Waals surface area (Å²) >= 11 is 12.2. The molecule has 6 nitrogen and oxygen atoms in total. The molecule has 0 radical (unpaired) electrons. The Kier molecular flexibility index (Phi) is 5.83. The number of nitriles is 1. The smallest absolute Gasteiger partial charge is 0.140 e. The Morgan fingerprint density at radius 3 is 2.52 bits per heavy atom. The third-order valence-corrected chi connectivity index (χ3v) is 6.01. The molecular formula is C23H24Cl2N6. The van der Waals surface area contributed by atoms with Crippen LogP contribution in [0.25, 0.3) is 11.0 Å². The molecule has 0 aliphatic carbocycles. The van der Waals surface area contributed by atoms with E-state index < -0.39 is 0 Å². The summed E-state index contributed by atoms with van der Waals surface area (Å²) in [5.41, 5.74) is 5.33. The van der Waals surface area contributed by atoms with Crippen molar-refractivity contribution >= 4 is 39.9 Å². The van der Waals surface area contributed by atoms with E-state index in [-0.39, 0.29) is 0 Å². The second-order valence-corrected chi connectivity index (χ2v) is 8.93. The Morgan fingerprint density at radius 2 is 1.87 bits per heavy atom. The molecule has 8 heteroatoms. The van der Waals surface area contributed by atoms with E-state index in [0.29, 0.717) is 29.3 Å². The Hall–Kier alpha value is -2.75. The first-order valence-corrected chi connectivity index (χ1v) is 10.9. The number of aryl methyl sites for hydroxylation is 2. The number of nitrogens with zero attached hydrogens (tertiary/aromatic N) is 6. The van der Waals surface area contributed by atoms with Crippen molar-refractivity contribution in [3.63, 3.8) is 0 Å². The first kappa shape index (κ1) is 21.5. The van der Waals surface area contributed by atoms with Gasteiger partial charge in [0, 0.05) is 37.4 Å². The SMILES string of the molecule is Cc1cn(C)c2nc(CN3CCN(c4cc(Cl)nc(Cl)c4)/C3=C\C#N)cc(C(C)C)c12. The number of aromatic nitrogens is 3. The number of rotatable bonds is 4. The van der Waals surface area contributed by atoms with Crippen molar-refractivity contribution in [1.29, 1.82) is 5.26 Å². The van der Waals surface area contributed by atoms with Crippen LogP contribution in [-0.2, 0) is 13.6 Å². The molecule has 0 bridgehead atoms. The Balaban J connectivity index is 1.71. The summed E-state index contributed by atoms with van der Waals surface area (Å²) in [5.74, 6) is 1.19. The monoisotopic (exact) mass is 454 g/mol. The minimum absolute atomic E-state index is 0.324. The van der Waals surface area contributed by atoms with Gasteiger partial charge in [0.15, 0.2) is 0 Å². The molecule has 1 aliphatic heterocycles. The van der Waals surface area contributed by atoms with E-state index >= 15 is 0 Å². The molecule has 0 unspecified atom stereocenters. The molecule has 3 aromatic rings. The van der Waals surface area contributed by atoms with Crippen LogP contribution in [0.3, 0.4) is 0 Å². The van der Waals surface area contributed by atoms with Gasteiger partial charge in [-0.05, 0) is 42.2 Å². The van der Waals surface area contributed by atoms with Crippen molar-refractivity contribution in [1.82, 2.24) is 19.4 Å². The molecule has 0 spiro atoms. The van der Waals surface area contributed by atoms with E-state index in [0.717, 1.165) is 29.4 Å². The van der Waals surface area contributed by atoms with Crippen LogP contribution in [0.1, 0.15) is 36.6 Å². The van der Waals surface area contributed by atoms with Crippen molar-refractivity contribution < 1.29 is 0 Å². The highest BCUT2D eigenvalue weighted by atomic mass is 35.5. The van der Waals surface area contributed by atoms with E-state index in [1.807, 2.05) is 11.9 Å². The van der Waals surface area contributed by atoms with Crippen LogP contribution in [0, 0.1) is 18.3 Å². The van der Waals surface area contributed by atoms with Gasteiger partial charge in [-0.15, -0.1) is 0 Å². The molecule has 4 rings (SSSR count). The highest BCUT2D eigenvalue weighted by molar-refractivity contribution is 6.32. The molecular weight excluding hydrogens is 431 g/mol. The van der Waals surface area contributed by atoms with Crippen LogP contribution < -0.4 is 4.90 Å². The highest BCUT2D eigenvalue weighted by Crippen LogP contribution is 2.33. The van der Waals surface area contributed by atoms with Crippen LogP contribution >= 0.6 is 23.2 Å². The van der Waals surface area contributed by atoms with Gasteiger partial charge in [-0.2, -0.15) is 5.26 Å². The fraction of sp³-hybridized carbons (Fsp3) is 0.348. The second-order valence-electron chi connectivity index (χ2n) is 8.15. The van der Waals surface area contributed by atoms with Crippen LogP contribution in [0.2, 0.25) is 10.3 Å². The third kappa shape index (κ3) is 4.08. The summed E-state index contributed by atoms with van der Waals surface area (Å²) in [4.78, 5) is 13.2. The minimum atomic E-state index is 0.324. The lowest BCUT2D eigenvalue weighted by Gasteiger charge is -2.24. The fourth-order valence-electron chi connectivity index (χ4n) is 4.29. The number of hydrogen-bond donors (Lipinski definition) is 0. The molecule has 1 fully saturated rings. The number of pyridine rings is 2. The number of hydrogen-bond acceptors (Lipinski definition) is 5. The minimum Gasteiger partial charge on any atom is -0.350 e. The topological polar surface area (TPSA) is 61.0 Å². The maximum atomic E-state index is 9.42. The lowest BCUT2D eigenvalue weighted by Crippen LogP contribution is -2.23. The quantitative estimate of drug-likeness (QED) is 0.390. The maximum Gasteiger partial charge on any atom is 0.140 e. The van der Waals surface area contributed by atoms with Gasteiger partial charge in [0.1, 0.15) is 21.8 Å². The van der Waals surface area contributed by atoms with E-state index in [1.165, 1.54) is 16.5 Å². The molecule has 0 amide bonds. The van der Waals surface area contributed by atoms with Gasteiger partial charge in [-0.3, -0.25) is 0 Å². The van der Waals surface area contributed by atoms with E-state index in [4.69, 9.17) is 28.2 Å². The average molecular weight is 455 g/mol. The summed E-state index contributed by atoms with van der Waals surface area (Å²) in [6.07, 6.45) is 3.69. The normalized spacial score (nSPS) is 15.5. The molecule has 3 aromatic heterocycles.